The lowest BCUT2D eigenvalue weighted by atomic mass is 9.49. The zero-order valence-electron chi connectivity index (χ0n) is 18.1. The molecule has 0 saturated heterocycles. The lowest BCUT2D eigenvalue weighted by Gasteiger charge is -2.63. The summed E-state index contributed by atoms with van der Waals surface area (Å²) >= 11 is 0. The van der Waals surface area contributed by atoms with E-state index < -0.39 is 0 Å². The number of rotatable bonds is 4. The highest BCUT2D eigenvalue weighted by atomic mass is 16.5. The van der Waals surface area contributed by atoms with Crippen LogP contribution in [0.15, 0.2) is 24.5 Å². The molecule has 0 radical (unpaired) electrons. The molecule has 1 amide bonds. The van der Waals surface area contributed by atoms with Gasteiger partial charge in [-0.15, -0.1) is 0 Å². The van der Waals surface area contributed by atoms with Gasteiger partial charge in [-0.2, -0.15) is 5.26 Å². The van der Waals surface area contributed by atoms with Crippen LogP contribution in [-0.4, -0.2) is 28.0 Å². The minimum Gasteiger partial charge on any atom is -0.489 e. The average molecular weight is 393 g/mol. The van der Waals surface area contributed by atoms with E-state index in [9.17, 15) is 10.1 Å². The molecule has 29 heavy (non-hydrogen) atoms. The number of benzene rings is 1. The quantitative estimate of drug-likeness (QED) is 0.853. The van der Waals surface area contributed by atoms with Crippen LogP contribution in [0.5, 0.6) is 5.75 Å². The van der Waals surface area contributed by atoms with E-state index in [4.69, 9.17) is 4.74 Å². The van der Waals surface area contributed by atoms with Crippen LogP contribution in [0, 0.1) is 42.9 Å². The van der Waals surface area contributed by atoms with Crippen LogP contribution in [0.3, 0.4) is 0 Å². The Morgan fingerprint density at radius 2 is 1.66 bits per heavy atom. The van der Waals surface area contributed by atoms with E-state index in [0.29, 0.717) is 11.3 Å². The topological polar surface area (TPSA) is 87.9 Å². The Kier molecular flexibility index (Phi) is 5.12. The van der Waals surface area contributed by atoms with Crippen LogP contribution < -0.4 is 10.1 Å². The summed E-state index contributed by atoms with van der Waals surface area (Å²) in [6.45, 7) is 14.1. The van der Waals surface area contributed by atoms with Crippen molar-refractivity contribution < 1.29 is 9.53 Å². The number of hydrogen-bond acceptors (Lipinski definition) is 5. The van der Waals surface area contributed by atoms with Crippen LogP contribution >= 0.6 is 0 Å². The van der Waals surface area contributed by atoms with Gasteiger partial charge >= 0.3 is 0 Å². The largest absolute Gasteiger partial charge is 0.489 e. The predicted molar refractivity (Wildman–Crippen MR) is 111 cm³/mol. The van der Waals surface area contributed by atoms with Gasteiger partial charge in [0.2, 0.25) is 0 Å². The summed E-state index contributed by atoms with van der Waals surface area (Å²) in [7, 11) is 0. The van der Waals surface area contributed by atoms with Crippen LogP contribution in [0.4, 0.5) is 0 Å². The molecular weight excluding hydrogens is 364 g/mol. The van der Waals surface area contributed by atoms with Crippen LogP contribution in [0.1, 0.15) is 60.6 Å². The van der Waals surface area contributed by atoms with Gasteiger partial charge in [-0.05, 0) is 44.0 Å². The monoisotopic (exact) mass is 392 g/mol. The van der Waals surface area contributed by atoms with Crippen molar-refractivity contribution in [2.24, 2.45) is 10.8 Å². The van der Waals surface area contributed by atoms with Gasteiger partial charge in [0.05, 0.1) is 23.5 Å². The maximum absolute atomic E-state index is 12.7. The number of carbonyl (C=O) groups is 1. The highest BCUT2D eigenvalue weighted by Crippen LogP contribution is 2.55. The molecule has 6 heteroatoms. The molecule has 1 fully saturated rings. The second-order valence-electron chi connectivity index (χ2n) is 9.13. The van der Waals surface area contributed by atoms with E-state index in [-0.39, 0.29) is 28.9 Å². The van der Waals surface area contributed by atoms with Gasteiger partial charge in [0, 0.05) is 23.1 Å². The summed E-state index contributed by atoms with van der Waals surface area (Å²) in [5, 5.41) is 12.4. The maximum Gasteiger partial charge on any atom is 0.271 e. The minimum absolute atomic E-state index is 0.0869. The van der Waals surface area contributed by atoms with E-state index in [0.717, 1.165) is 22.6 Å². The van der Waals surface area contributed by atoms with Crippen LogP contribution in [0.2, 0.25) is 0 Å². The van der Waals surface area contributed by atoms with Crippen molar-refractivity contribution >= 4 is 5.91 Å². The van der Waals surface area contributed by atoms with Crippen molar-refractivity contribution in [1.82, 2.24) is 15.3 Å². The standard InChI is InChI=1S/C23H28N4O2/c1-13-8-16(9-14(2)17(13)10-24)29-21-22(4,5)20(23(21,6)7)27-19(28)18-12-25-15(3)11-26-18/h8-9,11-12,20-21H,1-7H3,(H,27,28). The number of hydrogen-bond donors (Lipinski definition) is 1. The summed E-state index contributed by atoms with van der Waals surface area (Å²) in [5.41, 5.74) is 3.01. The fraction of sp³-hybridized carbons (Fsp3) is 0.478. The summed E-state index contributed by atoms with van der Waals surface area (Å²) in [5.74, 6) is 0.520. The predicted octanol–water partition coefficient (Wildman–Crippen LogP) is 3.89. The molecule has 0 atom stereocenters. The zero-order valence-corrected chi connectivity index (χ0v) is 18.1. The second-order valence-corrected chi connectivity index (χ2v) is 9.13. The molecule has 6 nitrogen and oxygen atoms in total. The van der Waals surface area contributed by atoms with Gasteiger partial charge in [0.25, 0.3) is 5.91 Å². The fourth-order valence-corrected chi connectivity index (χ4v) is 4.82. The number of amides is 1. The SMILES string of the molecule is Cc1cnc(C(=O)NC2C(C)(C)C(Oc3cc(C)c(C#N)c(C)c3)C2(C)C)cn1. The molecule has 3 rings (SSSR count). The van der Waals surface area contributed by atoms with Gasteiger partial charge in [0.1, 0.15) is 17.5 Å². The Morgan fingerprint density at radius 1 is 1.07 bits per heavy atom. The molecule has 1 aromatic carbocycles. The Labute approximate surface area is 172 Å². The molecule has 1 aliphatic carbocycles. The third-order valence-corrected chi connectivity index (χ3v) is 6.00. The molecule has 152 valence electrons. The van der Waals surface area contributed by atoms with Crippen molar-refractivity contribution in [2.75, 3.05) is 0 Å². The second kappa shape index (κ2) is 7.14. The molecule has 2 aromatic rings. The summed E-state index contributed by atoms with van der Waals surface area (Å²) in [6, 6.07) is 5.97. The summed E-state index contributed by atoms with van der Waals surface area (Å²) in [4.78, 5) is 21.0. The Balaban J connectivity index is 1.79. The van der Waals surface area contributed by atoms with Crippen molar-refractivity contribution in [1.29, 1.82) is 5.26 Å². The first-order chi connectivity index (χ1) is 13.5. The maximum atomic E-state index is 12.7. The summed E-state index contributed by atoms with van der Waals surface area (Å²) in [6.07, 6.45) is 2.99. The first-order valence-electron chi connectivity index (χ1n) is 9.76. The fourth-order valence-electron chi connectivity index (χ4n) is 4.82. The normalized spacial score (nSPS) is 21.6. The molecule has 0 aliphatic heterocycles. The van der Waals surface area contributed by atoms with E-state index in [1.54, 1.807) is 6.20 Å². The van der Waals surface area contributed by atoms with E-state index >= 15 is 0 Å². The smallest absolute Gasteiger partial charge is 0.271 e. The minimum atomic E-state index is -0.285. The third-order valence-electron chi connectivity index (χ3n) is 6.00. The number of nitriles is 1. The number of nitrogens with one attached hydrogen (secondary N) is 1. The number of aromatic nitrogens is 2. The number of aryl methyl sites for hydroxylation is 3. The number of carbonyl (C=O) groups excluding carboxylic acids is 1. The van der Waals surface area contributed by atoms with Gasteiger partial charge < -0.3 is 10.1 Å². The molecule has 0 spiro atoms. The number of ether oxygens (including phenoxy) is 1. The Morgan fingerprint density at radius 3 is 2.14 bits per heavy atom. The van der Waals surface area contributed by atoms with Gasteiger partial charge in [-0.1, -0.05) is 27.7 Å². The molecular formula is C23H28N4O2. The van der Waals surface area contributed by atoms with Gasteiger partial charge in [-0.3, -0.25) is 9.78 Å². The highest BCUT2D eigenvalue weighted by molar-refractivity contribution is 5.92. The lowest BCUT2D eigenvalue weighted by Crippen LogP contribution is -2.74. The molecule has 1 aromatic heterocycles. The van der Waals surface area contributed by atoms with Crippen LogP contribution in [0.25, 0.3) is 0 Å². The average Bonchev–Trinajstić information content (AvgIpc) is 2.64. The molecule has 0 bridgehead atoms. The molecule has 0 unspecified atom stereocenters. The first kappa shape index (κ1) is 20.8. The van der Waals surface area contributed by atoms with E-state index in [1.165, 1.54) is 6.20 Å². The molecule has 1 N–H and O–H groups in total. The molecule has 1 heterocycles. The van der Waals surface area contributed by atoms with E-state index in [1.807, 2.05) is 32.9 Å². The third kappa shape index (κ3) is 3.57. The summed E-state index contributed by atoms with van der Waals surface area (Å²) < 4.78 is 6.39. The lowest BCUT2D eigenvalue weighted by molar-refractivity contribution is -0.164. The van der Waals surface area contributed by atoms with Crippen LogP contribution in [-0.2, 0) is 0 Å². The Bertz CT molecular complexity index is 948. The van der Waals surface area contributed by atoms with Gasteiger partial charge in [-0.25, -0.2) is 4.98 Å². The van der Waals surface area contributed by atoms with Crippen molar-refractivity contribution in [2.45, 2.75) is 60.6 Å². The molecule has 1 aliphatic rings. The highest BCUT2D eigenvalue weighted by Gasteiger charge is 2.64. The van der Waals surface area contributed by atoms with Gasteiger partial charge in [0.15, 0.2) is 0 Å². The number of nitrogens with zero attached hydrogens (tertiary/aromatic N) is 3. The Hall–Kier alpha value is -2.94. The molecule has 1 saturated carbocycles. The van der Waals surface area contributed by atoms with Crippen molar-refractivity contribution in [3.8, 4) is 11.8 Å². The van der Waals surface area contributed by atoms with Crippen molar-refractivity contribution in [3.63, 3.8) is 0 Å². The first-order valence-corrected chi connectivity index (χ1v) is 9.76. The van der Waals surface area contributed by atoms with E-state index in [2.05, 4.69) is 49.0 Å². The van der Waals surface area contributed by atoms with Crippen molar-refractivity contribution in [3.05, 3.63) is 52.6 Å². The zero-order chi connectivity index (χ0) is 21.6.